The molecule has 144 valence electrons. The van der Waals surface area contributed by atoms with Gasteiger partial charge in [0.25, 0.3) is 5.91 Å². The number of ketones is 1. The number of amides is 1. The van der Waals surface area contributed by atoms with Crippen LogP contribution in [0.25, 0.3) is 0 Å². The average molecular weight is 367 g/mol. The van der Waals surface area contributed by atoms with Gasteiger partial charge in [-0.15, -0.1) is 0 Å². The van der Waals surface area contributed by atoms with E-state index in [9.17, 15) is 14.7 Å². The summed E-state index contributed by atoms with van der Waals surface area (Å²) in [6.45, 7) is 13.6. The van der Waals surface area contributed by atoms with Crippen LogP contribution >= 0.6 is 0 Å². The Morgan fingerprint density at radius 2 is 1.26 bits per heavy atom. The molecule has 0 unspecified atom stereocenters. The smallest absolute Gasteiger partial charge is 0.255 e. The highest BCUT2D eigenvalue weighted by atomic mass is 16.3. The molecule has 1 amide bonds. The number of phenols is 1. The number of phenolic OH excluding ortho intramolecular Hbond substituents is 1. The Balaban J connectivity index is 2.44. The van der Waals surface area contributed by atoms with E-state index in [-0.39, 0.29) is 28.3 Å². The fourth-order valence-corrected chi connectivity index (χ4v) is 2.90. The molecule has 0 atom stereocenters. The Morgan fingerprint density at radius 3 is 1.63 bits per heavy atom. The molecule has 2 aromatic carbocycles. The lowest BCUT2D eigenvalue weighted by molar-refractivity contribution is 0.101. The Kier molecular flexibility index (Phi) is 5.50. The Labute approximate surface area is 161 Å². The maximum absolute atomic E-state index is 12.8. The van der Waals surface area contributed by atoms with Crippen molar-refractivity contribution >= 4 is 17.4 Å². The number of carbonyl (C=O) groups excluding carboxylic acids is 2. The summed E-state index contributed by atoms with van der Waals surface area (Å²) < 4.78 is 0. The van der Waals surface area contributed by atoms with Gasteiger partial charge in [0.2, 0.25) is 0 Å². The molecule has 0 spiro atoms. The third-order valence-corrected chi connectivity index (χ3v) is 4.54. The van der Waals surface area contributed by atoms with E-state index in [0.29, 0.717) is 16.8 Å². The SMILES string of the molecule is CC(=O)c1ccc(NC(=O)c2cc(C(C)(C)C)c(O)c(C(C)(C)C)c2)cc1. The first-order valence-corrected chi connectivity index (χ1v) is 9.11. The normalized spacial score (nSPS) is 12.0. The van der Waals surface area contributed by atoms with E-state index in [0.717, 1.165) is 11.1 Å². The highest BCUT2D eigenvalue weighted by Crippen LogP contribution is 2.39. The van der Waals surface area contributed by atoms with Crippen molar-refractivity contribution in [3.8, 4) is 5.75 Å². The summed E-state index contributed by atoms with van der Waals surface area (Å²) in [5, 5.41) is 13.6. The zero-order chi connectivity index (χ0) is 20.6. The van der Waals surface area contributed by atoms with Crippen LogP contribution in [0.4, 0.5) is 5.69 Å². The molecule has 0 saturated heterocycles. The van der Waals surface area contributed by atoms with Gasteiger partial charge in [0.15, 0.2) is 5.78 Å². The van der Waals surface area contributed by atoms with Gasteiger partial charge in [-0.3, -0.25) is 9.59 Å². The van der Waals surface area contributed by atoms with E-state index in [1.807, 2.05) is 41.5 Å². The monoisotopic (exact) mass is 367 g/mol. The van der Waals surface area contributed by atoms with Gasteiger partial charge in [-0.05, 0) is 54.2 Å². The predicted molar refractivity (Wildman–Crippen MR) is 110 cm³/mol. The molecule has 0 saturated carbocycles. The molecule has 2 aromatic rings. The number of aromatic hydroxyl groups is 1. The van der Waals surface area contributed by atoms with Crippen LogP contribution in [-0.2, 0) is 10.8 Å². The van der Waals surface area contributed by atoms with Gasteiger partial charge in [-0.2, -0.15) is 0 Å². The summed E-state index contributed by atoms with van der Waals surface area (Å²) in [6, 6.07) is 10.3. The summed E-state index contributed by atoms with van der Waals surface area (Å²) in [5.41, 5.74) is 2.60. The molecular weight excluding hydrogens is 338 g/mol. The van der Waals surface area contributed by atoms with E-state index >= 15 is 0 Å². The Hall–Kier alpha value is -2.62. The van der Waals surface area contributed by atoms with Crippen molar-refractivity contribution in [2.24, 2.45) is 0 Å². The van der Waals surface area contributed by atoms with E-state index < -0.39 is 0 Å². The van der Waals surface area contributed by atoms with E-state index in [2.05, 4.69) is 5.32 Å². The van der Waals surface area contributed by atoms with Crippen molar-refractivity contribution in [2.75, 3.05) is 5.32 Å². The topological polar surface area (TPSA) is 66.4 Å². The highest BCUT2D eigenvalue weighted by molar-refractivity contribution is 6.05. The molecule has 2 N–H and O–H groups in total. The molecule has 0 radical (unpaired) electrons. The Morgan fingerprint density at radius 1 is 0.815 bits per heavy atom. The molecule has 0 aromatic heterocycles. The third-order valence-electron chi connectivity index (χ3n) is 4.54. The minimum atomic E-state index is -0.302. The van der Waals surface area contributed by atoms with Crippen LogP contribution in [0.15, 0.2) is 36.4 Å². The van der Waals surface area contributed by atoms with Gasteiger partial charge >= 0.3 is 0 Å². The van der Waals surface area contributed by atoms with Gasteiger partial charge in [0.1, 0.15) is 5.75 Å². The number of hydrogen-bond acceptors (Lipinski definition) is 3. The molecule has 27 heavy (non-hydrogen) atoms. The molecule has 0 aliphatic rings. The van der Waals surface area contributed by atoms with Gasteiger partial charge in [0, 0.05) is 27.9 Å². The number of anilines is 1. The molecule has 4 nitrogen and oxygen atoms in total. The molecule has 0 aliphatic carbocycles. The van der Waals surface area contributed by atoms with Crippen molar-refractivity contribution in [2.45, 2.75) is 59.3 Å². The van der Waals surface area contributed by atoms with Crippen molar-refractivity contribution in [1.82, 2.24) is 0 Å². The number of nitrogens with one attached hydrogen (secondary N) is 1. The first-order valence-electron chi connectivity index (χ1n) is 9.11. The molecular formula is C23H29NO3. The number of rotatable bonds is 3. The fourth-order valence-electron chi connectivity index (χ4n) is 2.90. The first-order chi connectivity index (χ1) is 12.3. The average Bonchev–Trinajstić information content (AvgIpc) is 2.53. The Bertz CT molecular complexity index is 831. The first kappa shape index (κ1) is 20.7. The van der Waals surface area contributed by atoms with E-state index in [1.165, 1.54) is 6.92 Å². The molecule has 0 fully saturated rings. The number of benzene rings is 2. The maximum atomic E-state index is 12.8. The van der Waals surface area contributed by atoms with Gasteiger partial charge < -0.3 is 10.4 Å². The zero-order valence-electron chi connectivity index (χ0n) is 17.2. The standard InChI is InChI=1S/C23H29NO3/c1-14(25)15-8-10-17(11-9-15)24-21(27)16-12-18(22(2,3)4)20(26)19(13-16)23(5,6)7/h8-13,26H,1-7H3,(H,24,27). The minimum Gasteiger partial charge on any atom is -0.507 e. The van der Waals surface area contributed by atoms with Crippen LogP contribution < -0.4 is 5.32 Å². The second kappa shape index (κ2) is 7.18. The summed E-state index contributed by atoms with van der Waals surface area (Å²) in [4.78, 5) is 24.2. The summed E-state index contributed by atoms with van der Waals surface area (Å²) in [7, 11) is 0. The molecule has 0 heterocycles. The number of hydrogen-bond donors (Lipinski definition) is 2. The van der Waals surface area contributed by atoms with Crippen LogP contribution in [0.2, 0.25) is 0 Å². The number of carbonyl (C=O) groups is 2. The zero-order valence-corrected chi connectivity index (χ0v) is 17.2. The van der Waals surface area contributed by atoms with E-state index in [4.69, 9.17) is 0 Å². The van der Waals surface area contributed by atoms with Gasteiger partial charge in [-0.1, -0.05) is 41.5 Å². The minimum absolute atomic E-state index is 0.0175. The summed E-state index contributed by atoms with van der Waals surface area (Å²) in [5.74, 6) is -0.0185. The quantitative estimate of drug-likeness (QED) is 0.710. The molecule has 0 aliphatic heterocycles. The number of Topliss-reactive ketones (excluding diaryl/α,β-unsaturated/α-hetero) is 1. The van der Waals surface area contributed by atoms with Crippen LogP contribution in [0.5, 0.6) is 5.75 Å². The van der Waals surface area contributed by atoms with Crippen molar-refractivity contribution in [3.63, 3.8) is 0 Å². The third kappa shape index (κ3) is 4.76. The molecule has 2 rings (SSSR count). The molecule has 0 bridgehead atoms. The lowest BCUT2D eigenvalue weighted by Crippen LogP contribution is -2.20. The maximum Gasteiger partial charge on any atom is 0.255 e. The largest absolute Gasteiger partial charge is 0.507 e. The highest BCUT2D eigenvalue weighted by Gasteiger charge is 2.27. The van der Waals surface area contributed by atoms with Crippen LogP contribution in [0.3, 0.4) is 0 Å². The van der Waals surface area contributed by atoms with Gasteiger partial charge in [0.05, 0.1) is 0 Å². The van der Waals surface area contributed by atoms with Crippen molar-refractivity contribution in [1.29, 1.82) is 0 Å². The lowest BCUT2D eigenvalue weighted by atomic mass is 9.78. The van der Waals surface area contributed by atoms with Crippen LogP contribution in [0.1, 0.15) is 80.3 Å². The second-order valence-corrected chi connectivity index (χ2v) is 9.01. The van der Waals surface area contributed by atoms with Gasteiger partial charge in [-0.25, -0.2) is 0 Å². The van der Waals surface area contributed by atoms with E-state index in [1.54, 1.807) is 36.4 Å². The summed E-state index contributed by atoms with van der Waals surface area (Å²) >= 11 is 0. The van der Waals surface area contributed by atoms with Crippen molar-refractivity contribution < 1.29 is 14.7 Å². The van der Waals surface area contributed by atoms with Crippen LogP contribution in [0, 0.1) is 0 Å². The van der Waals surface area contributed by atoms with Crippen LogP contribution in [-0.4, -0.2) is 16.8 Å². The summed E-state index contributed by atoms with van der Waals surface area (Å²) in [6.07, 6.45) is 0. The fraction of sp³-hybridized carbons (Fsp3) is 0.391. The lowest BCUT2D eigenvalue weighted by Gasteiger charge is -2.28. The van der Waals surface area contributed by atoms with Crippen molar-refractivity contribution in [3.05, 3.63) is 58.7 Å². The molecule has 4 heteroatoms. The predicted octanol–water partition coefficient (Wildman–Crippen LogP) is 5.44. The second-order valence-electron chi connectivity index (χ2n) is 9.01.